The smallest absolute Gasteiger partial charge is 0.191 e. The van der Waals surface area contributed by atoms with Crippen molar-refractivity contribution in [2.75, 3.05) is 27.2 Å². The Morgan fingerprint density at radius 3 is 2.72 bits per heavy atom. The third kappa shape index (κ3) is 7.26. The lowest BCUT2D eigenvalue weighted by Crippen LogP contribution is -2.39. The first-order chi connectivity index (χ1) is 11.7. The van der Waals surface area contributed by atoms with Crippen molar-refractivity contribution in [3.05, 3.63) is 41.5 Å². The van der Waals surface area contributed by atoms with Crippen LogP contribution in [-0.4, -0.2) is 33.2 Å². The molecule has 2 N–H and O–H groups in total. The number of halogens is 1. The molecule has 2 rings (SSSR count). The summed E-state index contributed by atoms with van der Waals surface area (Å²) in [7, 11) is 3.54. The Morgan fingerprint density at radius 1 is 1.24 bits per heavy atom. The fourth-order valence-corrected chi connectivity index (χ4v) is 3.13. The van der Waals surface area contributed by atoms with Crippen molar-refractivity contribution in [3.63, 3.8) is 0 Å². The Morgan fingerprint density at radius 2 is 2.04 bits per heavy atom. The number of methoxy groups -OCH3 is 1. The van der Waals surface area contributed by atoms with Gasteiger partial charge in [-0.1, -0.05) is 36.8 Å². The van der Waals surface area contributed by atoms with E-state index in [9.17, 15) is 0 Å². The summed E-state index contributed by atoms with van der Waals surface area (Å²) in [6.07, 6.45) is 8.72. The molecule has 4 nitrogen and oxygen atoms in total. The Bertz CT molecular complexity index is 572. The van der Waals surface area contributed by atoms with Gasteiger partial charge in [0.15, 0.2) is 5.96 Å². The Hall–Kier alpha value is -1.24. The zero-order valence-corrected chi connectivity index (χ0v) is 18.0. The number of nitrogens with zero attached hydrogens (tertiary/aromatic N) is 1. The first-order valence-electron chi connectivity index (χ1n) is 9.00. The first-order valence-corrected chi connectivity index (χ1v) is 9.00. The van der Waals surface area contributed by atoms with E-state index in [1.807, 2.05) is 19.2 Å². The van der Waals surface area contributed by atoms with Gasteiger partial charge >= 0.3 is 0 Å². The fraction of sp³-hybridized carbons (Fsp3) is 0.550. The van der Waals surface area contributed by atoms with E-state index >= 15 is 0 Å². The molecule has 0 amide bonds. The second-order valence-electron chi connectivity index (χ2n) is 6.38. The number of hydrogen-bond acceptors (Lipinski definition) is 2. The van der Waals surface area contributed by atoms with Gasteiger partial charge in [0.05, 0.1) is 7.11 Å². The lowest BCUT2D eigenvalue weighted by atomic mass is 9.97. The van der Waals surface area contributed by atoms with Gasteiger partial charge in [-0.3, -0.25) is 4.99 Å². The molecule has 1 aliphatic carbocycles. The van der Waals surface area contributed by atoms with Gasteiger partial charge in [-0.25, -0.2) is 0 Å². The van der Waals surface area contributed by atoms with Gasteiger partial charge in [-0.05, 0) is 43.7 Å². The fourth-order valence-electron chi connectivity index (χ4n) is 3.13. The third-order valence-corrected chi connectivity index (χ3v) is 4.59. The normalized spacial score (nSPS) is 15.6. The quantitative estimate of drug-likeness (QED) is 0.275. The van der Waals surface area contributed by atoms with Gasteiger partial charge in [-0.15, -0.1) is 24.0 Å². The molecular weight excluding hydrogens is 425 g/mol. The lowest BCUT2D eigenvalue weighted by molar-refractivity contribution is 0.406. The Labute approximate surface area is 169 Å². The van der Waals surface area contributed by atoms with Crippen LogP contribution in [0.1, 0.15) is 50.5 Å². The summed E-state index contributed by atoms with van der Waals surface area (Å²) in [5, 5.41) is 6.84. The Kier molecular flexibility index (Phi) is 10.6. The van der Waals surface area contributed by atoms with Crippen LogP contribution in [0.15, 0.2) is 40.9 Å². The van der Waals surface area contributed by atoms with E-state index in [1.165, 1.54) is 31.2 Å². The molecule has 0 spiro atoms. The molecule has 0 fully saturated rings. The molecule has 1 atom stereocenters. The maximum absolute atomic E-state index is 5.45. The topological polar surface area (TPSA) is 45.7 Å². The monoisotopic (exact) mass is 457 g/mol. The number of ether oxygens (including phenoxy) is 1. The molecule has 0 bridgehead atoms. The molecule has 0 aliphatic heterocycles. The van der Waals surface area contributed by atoms with Crippen LogP contribution in [0.25, 0.3) is 0 Å². The predicted octanol–water partition coefficient (Wildman–Crippen LogP) is 4.47. The summed E-state index contributed by atoms with van der Waals surface area (Å²) >= 11 is 0. The number of aliphatic imine (C=N–C) groups is 1. The van der Waals surface area contributed by atoms with Gasteiger partial charge < -0.3 is 15.4 Å². The van der Waals surface area contributed by atoms with Gasteiger partial charge in [0, 0.05) is 26.1 Å². The number of rotatable bonds is 7. The van der Waals surface area contributed by atoms with E-state index in [-0.39, 0.29) is 24.0 Å². The highest BCUT2D eigenvalue weighted by Crippen LogP contribution is 2.25. The summed E-state index contributed by atoms with van der Waals surface area (Å²) in [6.45, 7) is 3.96. The van der Waals surface area contributed by atoms with Crippen LogP contribution in [0, 0.1) is 0 Å². The van der Waals surface area contributed by atoms with Crippen LogP contribution in [0.2, 0.25) is 0 Å². The van der Waals surface area contributed by atoms with Crippen molar-refractivity contribution in [3.8, 4) is 5.75 Å². The van der Waals surface area contributed by atoms with Crippen LogP contribution in [0.5, 0.6) is 5.75 Å². The third-order valence-electron chi connectivity index (χ3n) is 4.59. The molecule has 1 aliphatic rings. The highest BCUT2D eigenvalue weighted by molar-refractivity contribution is 14.0. The van der Waals surface area contributed by atoms with E-state index in [1.54, 1.807) is 12.7 Å². The van der Waals surface area contributed by atoms with E-state index in [4.69, 9.17) is 4.74 Å². The zero-order valence-electron chi connectivity index (χ0n) is 15.7. The van der Waals surface area contributed by atoms with E-state index < -0.39 is 0 Å². The van der Waals surface area contributed by atoms with Gasteiger partial charge in [0.2, 0.25) is 0 Å². The molecule has 0 radical (unpaired) electrons. The maximum atomic E-state index is 5.45. The van der Waals surface area contributed by atoms with Crippen molar-refractivity contribution >= 4 is 29.9 Å². The van der Waals surface area contributed by atoms with Gasteiger partial charge in [0.25, 0.3) is 0 Å². The minimum atomic E-state index is 0. The number of para-hydroxylation sites is 1. The van der Waals surface area contributed by atoms with Crippen LogP contribution >= 0.6 is 24.0 Å². The van der Waals surface area contributed by atoms with E-state index in [2.05, 4.69) is 40.8 Å². The zero-order chi connectivity index (χ0) is 17.2. The van der Waals surface area contributed by atoms with Crippen LogP contribution in [-0.2, 0) is 0 Å². The number of hydrogen-bond donors (Lipinski definition) is 2. The van der Waals surface area contributed by atoms with Crippen molar-refractivity contribution in [1.29, 1.82) is 0 Å². The number of guanidine groups is 1. The molecule has 1 aromatic carbocycles. The van der Waals surface area contributed by atoms with Crippen molar-refractivity contribution < 1.29 is 4.74 Å². The second-order valence-corrected chi connectivity index (χ2v) is 6.38. The number of allylic oxidation sites excluding steroid dienone is 1. The molecule has 0 saturated heterocycles. The molecule has 25 heavy (non-hydrogen) atoms. The van der Waals surface area contributed by atoms with Crippen molar-refractivity contribution in [2.24, 2.45) is 4.99 Å². The maximum Gasteiger partial charge on any atom is 0.191 e. The first kappa shape index (κ1) is 21.8. The predicted molar refractivity (Wildman–Crippen MR) is 117 cm³/mol. The number of nitrogens with one attached hydrogen (secondary N) is 2. The molecule has 1 unspecified atom stereocenters. The standard InChI is InChI=1S/C20H31N3O.HI/c1-16(18-11-7-8-12-19(18)24-3)15-23-20(21-2)22-14-13-17-9-5-4-6-10-17;/h7-9,11-12,16H,4-6,10,13-15H2,1-3H3,(H2,21,22,23);1H. The Balaban J connectivity index is 0.00000312. The summed E-state index contributed by atoms with van der Waals surface area (Å²) in [5.74, 6) is 2.16. The molecule has 0 aromatic heterocycles. The van der Waals surface area contributed by atoms with Crippen LogP contribution < -0.4 is 15.4 Å². The summed E-state index contributed by atoms with van der Waals surface area (Å²) < 4.78 is 5.45. The van der Waals surface area contributed by atoms with Gasteiger partial charge in [0.1, 0.15) is 5.75 Å². The van der Waals surface area contributed by atoms with Crippen molar-refractivity contribution in [2.45, 2.75) is 44.9 Å². The highest BCUT2D eigenvalue weighted by Gasteiger charge is 2.11. The van der Waals surface area contributed by atoms with E-state index in [0.29, 0.717) is 5.92 Å². The molecule has 1 aromatic rings. The molecule has 140 valence electrons. The molecule has 0 heterocycles. The summed E-state index contributed by atoms with van der Waals surface area (Å²) in [6, 6.07) is 8.19. The average Bonchev–Trinajstić information content (AvgIpc) is 2.65. The van der Waals surface area contributed by atoms with Crippen LogP contribution in [0.3, 0.4) is 0 Å². The van der Waals surface area contributed by atoms with Gasteiger partial charge in [-0.2, -0.15) is 0 Å². The van der Waals surface area contributed by atoms with Crippen LogP contribution in [0.4, 0.5) is 0 Å². The average molecular weight is 457 g/mol. The minimum absolute atomic E-state index is 0. The molecule has 5 heteroatoms. The lowest BCUT2D eigenvalue weighted by Gasteiger charge is -2.19. The van der Waals surface area contributed by atoms with E-state index in [0.717, 1.165) is 31.2 Å². The highest BCUT2D eigenvalue weighted by atomic mass is 127. The summed E-state index contributed by atoms with van der Waals surface area (Å²) in [5.41, 5.74) is 2.81. The second kappa shape index (κ2) is 12.2. The minimum Gasteiger partial charge on any atom is -0.496 e. The number of benzene rings is 1. The largest absolute Gasteiger partial charge is 0.496 e. The van der Waals surface area contributed by atoms with Crippen molar-refractivity contribution in [1.82, 2.24) is 10.6 Å². The SMILES string of the molecule is CN=C(NCCC1=CCCCC1)NCC(C)c1ccccc1OC.I. The summed E-state index contributed by atoms with van der Waals surface area (Å²) in [4.78, 5) is 4.32. The molecular formula is C20H32IN3O. The molecule has 0 saturated carbocycles.